The van der Waals surface area contributed by atoms with Crippen molar-refractivity contribution >= 4 is 23.0 Å². The minimum absolute atomic E-state index is 0.594. The molecule has 0 aromatic heterocycles. The molecule has 0 spiro atoms. The minimum atomic E-state index is 0.594. The van der Waals surface area contributed by atoms with Gasteiger partial charge in [0.05, 0.1) is 23.0 Å². The second-order valence-corrected chi connectivity index (χ2v) is 0.760. The lowest BCUT2D eigenvalue weighted by molar-refractivity contribution is 1.91. The van der Waals surface area contributed by atoms with E-state index in [0.29, 0.717) is 12.4 Å². The third-order valence-electron chi connectivity index (χ3n) is 0.333. The van der Waals surface area contributed by atoms with Gasteiger partial charge in [-0.25, -0.2) is 0 Å². The third kappa shape index (κ3) is 4.19. The fraction of sp³-hybridized carbons (Fsp3) is 1.00. The zero-order valence-corrected chi connectivity index (χ0v) is 3.15. The Morgan fingerprint density at radius 2 is 1.60 bits per heavy atom. The van der Waals surface area contributed by atoms with E-state index in [2.05, 4.69) is 0 Å². The predicted octanol–water partition coefficient (Wildman–Crippen LogP) is -0.221. The largest absolute Gasteiger partial charge is 0.114 e. The summed E-state index contributed by atoms with van der Waals surface area (Å²) >= 11 is 0. The molecule has 0 fully saturated rings. The van der Waals surface area contributed by atoms with Gasteiger partial charge in [-0.1, -0.05) is 0 Å². The molecule has 0 saturated carbocycles. The molecule has 0 rings (SSSR count). The molecular weight excluding hydrogens is 56.5 g/mol. The van der Waals surface area contributed by atoms with Gasteiger partial charge in [0, 0.05) is 0 Å². The van der Waals surface area contributed by atoms with Gasteiger partial charge in [0.1, 0.15) is 0 Å². The van der Waals surface area contributed by atoms with Crippen LogP contribution in [0.3, 0.4) is 0 Å². The molecule has 0 aromatic carbocycles. The van der Waals surface area contributed by atoms with Crippen LogP contribution in [0, 0.1) is 0 Å². The number of hydrogen-bond donors (Lipinski definition) is 0. The van der Waals surface area contributed by atoms with Crippen LogP contribution in [0.25, 0.3) is 0 Å². The lowest BCUT2D eigenvalue weighted by Gasteiger charge is -1.75. The van der Waals surface area contributed by atoms with Crippen LogP contribution in [-0.4, -0.2) is 23.0 Å². The molecule has 0 unspecified atom stereocenters. The second-order valence-electron chi connectivity index (χ2n) is 0.760. The zero-order valence-electron chi connectivity index (χ0n) is 3.15. The van der Waals surface area contributed by atoms with Gasteiger partial charge in [-0.3, -0.25) is 0 Å². The van der Waals surface area contributed by atoms with E-state index in [0.717, 1.165) is 0 Å². The first kappa shape index (κ1) is 5.19. The topological polar surface area (TPSA) is 0 Å². The van der Waals surface area contributed by atoms with E-state index in [1.165, 1.54) is 0 Å². The van der Waals surface area contributed by atoms with E-state index in [-0.39, 0.29) is 0 Å². The summed E-state index contributed by atoms with van der Waals surface area (Å²) < 4.78 is 0. The van der Waals surface area contributed by atoms with Crippen LogP contribution in [-0.2, 0) is 0 Å². The summed E-state index contributed by atoms with van der Waals surface area (Å²) in [6.45, 7) is 0. The van der Waals surface area contributed by atoms with Crippen molar-refractivity contribution in [3.63, 3.8) is 0 Å². The van der Waals surface area contributed by atoms with E-state index in [9.17, 15) is 0 Å². The van der Waals surface area contributed by atoms with E-state index >= 15 is 0 Å². The van der Waals surface area contributed by atoms with Gasteiger partial charge in [0.25, 0.3) is 0 Å². The summed E-state index contributed by atoms with van der Waals surface area (Å²) in [5.74, 6) is 0. The van der Waals surface area contributed by atoms with Crippen molar-refractivity contribution in [2.24, 2.45) is 0 Å². The first-order chi connectivity index (χ1) is 2.41. The fourth-order valence-electron chi connectivity index (χ4n) is 0.0962. The second kappa shape index (κ2) is 4.19. The fourth-order valence-corrected chi connectivity index (χ4v) is 0.0962. The first-order valence-electron chi connectivity index (χ1n) is 1.63. The lowest BCUT2D eigenvalue weighted by Crippen LogP contribution is -1.84. The molecule has 0 heterocycles. The van der Waals surface area contributed by atoms with E-state index < -0.39 is 0 Å². The zero-order chi connectivity index (χ0) is 4.12. The molecule has 0 atom stereocenters. The van der Waals surface area contributed by atoms with Crippen molar-refractivity contribution in [2.75, 3.05) is 0 Å². The summed E-state index contributed by atoms with van der Waals surface area (Å²) in [7, 11) is 11.8. The van der Waals surface area contributed by atoms with Crippen molar-refractivity contribution < 1.29 is 0 Å². The van der Waals surface area contributed by atoms with Gasteiger partial charge >= 0.3 is 0 Å². The maximum Gasteiger partial charge on any atom is 0.0901 e. The highest BCUT2D eigenvalue weighted by Crippen LogP contribution is 1.68. The molecule has 5 radical (unpaired) electrons. The van der Waals surface area contributed by atoms with Crippen molar-refractivity contribution in [3.8, 4) is 0 Å². The third-order valence-corrected chi connectivity index (χ3v) is 0.333. The molecule has 0 N–H and O–H groups in total. The Morgan fingerprint density at radius 1 is 1.20 bits per heavy atom. The maximum absolute atomic E-state index is 5.00. The molecule has 0 saturated heterocycles. The molecule has 3 heteroatoms. The van der Waals surface area contributed by atoms with Gasteiger partial charge in [-0.15, -0.1) is 12.4 Å². The van der Waals surface area contributed by atoms with E-state index in [4.69, 9.17) is 15.7 Å². The van der Waals surface area contributed by atoms with Gasteiger partial charge in [-0.2, -0.15) is 0 Å². The average Bonchev–Trinajstić information content (AvgIpc) is 1.41. The highest BCUT2D eigenvalue weighted by Gasteiger charge is 1.72. The van der Waals surface area contributed by atoms with Crippen LogP contribution in [0.4, 0.5) is 0 Å². The molecule has 5 heavy (non-hydrogen) atoms. The van der Waals surface area contributed by atoms with Gasteiger partial charge in [0.15, 0.2) is 0 Å². The minimum Gasteiger partial charge on any atom is -0.114 e. The molecule has 0 aliphatic carbocycles. The Labute approximate surface area is 36.4 Å². The van der Waals surface area contributed by atoms with E-state index in [1.54, 1.807) is 7.28 Å². The van der Waals surface area contributed by atoms with Crippen LogP contribution >= 0.6 is 0 Å². The van der Waals surface area contributed by atoms with Crippen molar-refractivity contribution in [1.29, 1.82) is 0 Å². The number of rotatable bonds is 2. The molecule has 0 aliphatic heterocycles. The van der Waals surface area contributed by atoms with E-state index in [1.807, 2.05) is 0 Å². The molecular formula is C2H4B3. The van der Waals surface area contributed by atoms with Crippen LogP contribution in [0.15, 0.2) is 0 Å². The summed E-state index contributed by atoms with van der Waals surface area (Å²) in [4.78, 5) is 0. The van der Waals surface area contributed by atoms with Gasteiger partial charge < -0.3 is 0 Å². The Kier molecular flexibility index (Phi) is 4.36. The summed E-state index contributed by atoms with van der Waals surface area (Å²) in [6.07, 6.45) is 1.19. The predicted molar refractivity (Wildman–Crippen MR) is 26.9 cm³/mol. The molecule has 0 aliphatic rings. The summed E-state index contributed by atoms with van der Waals surface area (Å²) in [5, 5.41) is 0. The first-order valence-corrected chi connectivity index (χ1v) is 1.63. The Hall–Kier alpha value is 0.195. The van der Waals surface area contributed by atoms with Crippen molar-refractivity contribution in [2.45, 2.75) is 12.4 Å². The smallest absolute Gasteiger partial charge is 0.0901 e. The maximum atomic E-state index is 5.00. The molecule has 0 bridgehead atoms. The summed E-state index contributed by atoms with van der Waals surface area (Å²) in [6, 6.07) is 0. The van der Waals surface area contributed by atoms with Crippen LogP contribution in [0.5, 0.6) is 0 Å². The summed E-state index contributed by atoms with van der Waals surface area (Å²) in [5.41, 5.74) is 0. The Bertz CT molecular complexity index is 12.4. The molecule has 0 nitrogen and oxygen atoms in total. The Morgan fingerprint density at radius 3 is 1.60 bits per heavy atom. The SMILES string of the molecule is [B]C[B]C[B]. The molecule has 21 valence electrons. The van der Waals surface area contributed by atoms with Crippen LogP contribution in [0.2, 0.25) is 12.4 Å². The van der Waals surface area contributed by atoms with Crippen LogP contribution < -0.4 is 0 Å². The highest BCUT2D eigenvalue weighted by molar-refractivity contribution is 6.54. The quantitative estimate of drug-likeness (QED) is 0.387. The van der Waals surface area contributed by atoms with Gasteiger partial charge in [-0.05, 0) is 0 Å². The van der Waals surface area contributed by atoms with Crippen LogP contribution in [0.1, 0.15) is 0 Å². The molecule has 0 amide bonds. The monoisotopic (exact) mass is 61.1 g/mol. The normalized spacial score (nSPS) is 7.20. The Balaban J connectivity index is 2.19. The van der Waals surface area contributed by atoms with Gasteiger partial charge in [0.2, 0.25) is 0 Å². The molecule has 0 aromatic rings. The van der Waals surface area contributed by atoms with Crippen molar-refractivity contribution in [1.82, 2.24) is 0 Å². The van der Waals surface area contributed by atoms with Crippen molar-refractivity contribution in [3.05, 3.63) is 0 Å². The highest BCUT2D eigenvalue weighted by atomic mass is 13.2. The number of hydrogen-bond acceptors (Lipinski definition) is 0. The standard InChI is InChI=1S/C2H4B3/c3-1-5-2-4/h1-2H2. The lowest BCUT2D eigenvalue weighted by atomic mass is 9.58. The average molecular weight is 60.5 g/mol.